The van der Waals surface area contributed by atoms with Crippen LogP contribution in [0.5, 0.6) is 0 Å². The van der Waals surface area contributed by atoms with Gasteiger partial charge >= 0.3 is 0 Å². The van der Waals surface area contributed by atoms with Crippen LogP contribution in [-0.4, -0.2) is 13.7 Å². The Morgan fingerprint density at radius 3 is 1.78 bits per heavy atom. The molecule has 2 heterocycles. The van der Waals surface area contributed by atoms with Gasteiger partial charge in [-0.3, -0.25) is 4.98 Å². The number of pyridine rings is 1. The van der Waals surface area contributed by atoms with Gasteiger partial charge in [0.1, 0.15) is 11.0 Å². The second-order valence-electron chi connectivity index (χ2n) is 8.22. The summed E-state index contributed by atoms with van der Waals surface area (Å²) in [5, 5.41) is 9.10. The number of hydrogen-bond donors (Lipinski definition) is 0. The van der Waals surface area contributed by atoms with E-state index in [0.29, 0.717) is 5.56 Å². The highest BCUT2D eigenvalue weighted by atomic mass is 32.1. The van der Waals surface area contributed by atoms with Gasteiger partial charge < -0.3 is 4.90 Å². The zero-order chi connectivity index (χ0) is 24.3. The van der Waals surface area contributed by atoms with Crippen LogP contribution in [0.1, 0.15) is 5.56 Å². The van der Waals surface area contributed by atoms with E-state index in [2.05, 4.69) is 68.2 Å². The molecule has 0 aliphatic carbocycles. The molecule has 0 aliphatic rings. The second-order valence-corrected chi connectivity index (χ2v) is 8.75. The standard InChI is InChI=1S/C30H19N5S/c31-19-21-11-13-22(14-12-21)27-20-32-28(30-29(27)33-36-34-30)23-15-17-26(18-16-23)35(24-7-3-1-4-8-24)25-9-5-2-6-10-25/h1-18,20H. The van der Waals surface area contributed by atoms with Crippen molar-refractivity contribution in [2.45, 2.75) is 0 Å². The number of anilines is 3. The van der Waals surface area contributed by atoms with Gasteiger partial charge in [-0.15, -0.1) is 0 Å². The maximum Gasteiger partial charge on any atom is 0.131 e. The number of rotatable bonds is 5. The molecule has 0 aliphatic heterocycles. The Morgan fingerprint density at radius 1 is 0.611 bits per heavy atom. The largest absolute Gasteiger partial charge is 0.311 e. The molecule has 0 spiro atoms. The van der Waals surface area contributed by atoms with Crippen LogP contribution >= 0.6 is 11.7 Å². The van der Waals surface area contributed by atoms with E-state index in [0.717, 1.165) is 50.5 Å². The molecule has 36 heavy (non-hydrogen) atoms. The summed E-state index contributed by atoms with van der Waals surface area (Å²) in [4.78, 5) is 7.01. The molecule has 170 valence electrons. The normalized spacial score (nSPS) is 10.8. The van der Waals surface area contributed by atoms with Gasteiger partial charge in [-0.1, -0.05) is 60.7 Å². The molecule has 0 radical (unpaired) electrons. The Bertz CT molecular complexity index is 1630. The quantitative estimate of drug-likeness (QED) is 0.252. The van der Waals surface area contributed by atoms with Crippen LogP contribution in [0.3, 0.4) is 0 Å². The lowest BCUT2D eigenvalue weighted by atomic mass is 10.0. The number of benzene rings is 4. The predicted octanol–water partition coefficient (Wildman–Crippen LogP) is 7.76. The van der Waals surface area contributed by atoms with Crippen molar-refractivity contribution in [2.75, 3.05) is 4.90 Å². The van der Waals surface area contributed by atoms with Gasteiger partial charge in [-0.05, 0) is 54.1 Å². The Kier molecular flexibility index (Phi) is 5.66. The van der Waals surface area contributed by atoms with Crippen molar-refractivity contribution in [3.05, 3.63) is 121 Å². The average molecular weight is 482 g/mol. The van der Waals surface area contributed by atoms with Gasteiger partial charge in [-0.2, -0.15) is 14.0 Å². The molecule has 0 fully saturated rings. The summed E-state index contributed by atoms with van der Waals surface area (Å²) in [6.07, 6.45) is 1.84. The lowest BCUT2D eigenvalue weighted by Gasteiger charge is -2.25. The summed E-state index contributed by atoms with van der Waals surface area (Å²) in [5.41, 5.74) is 9.09. The molecule has 0 amide bonds. The second kappa shape index (κ2) is 9.41. The maximum atomic E-state index is 9.10. The summed E-state index contributed by atoms with van der Waals surface area (Å²) in [6.45, 7) is 0. The summed E-state index contributed by atoms with van der Waals surface area (Å²) < 4.78 is 9.14. The topological polar surface area (TPSA) is 65.7 Å². The molecule has 0 saturated carbocycles. The minimum absolute atomic E-state index is 0.621. The van der Waals surface area contributed by atoms with E-state index in [9.17, 15) is 0 Å². The lowest BCUT2D eigenvalue weighted by molar-refractivity contribution is 1.28. The van der Waals surface area contributed by atoms with Crippen molar-refractivity contribution in [3.8, 4) is 28.5 Å². The van der Waals surface area contributed by atoms with Crippen LogP contribution in [0.4, 0.5) is 17.1 Å². The number of fused-ring (bicyclic) bond motifs is 1. The van der Waals surface area contributed by atoms with Crippen molar-refractivity contribution in [1.29, 1.82) is 5.26 Å². The maximum absolute atomic E-state index is 9.10. The number of para-hydroxylation sites is 2. The molecular formula is C30H19N5S. The number of hydrogen-bond acceptors (Lipinski definition) is 6. The molecule has 0 unspecified atom stereocenters. The molecule has 6 heteroatoms. The summed E-state index contributed by atoms with van der Waals surface area (Å²) >= 11 is 1.18. The first kappa shape index (κ1) is 21.7. The van der Waals surface area contributed by atoms with Crippen LogP contribution in [0.25, 0.3) is 33.4 Å². The molecule has 5 nitrogen and oxygen atoms in total. The summed E-state index contributed by atoms with van der Waals surface area (Å²) in [5.74, 6) is 0. The molecule has 4 aromatic carbocycles. The van der Waals surface area contributed by atoms with E-state index in [-0.39, 0.29) is 0 Å². The average Bonchev–Trinajstić information content (AvgIpc) is 3.45. The fourth-order valence-corrected chi connectivity index (χ4v) is 4.85. The minimum Gasteiger partial charge on any atom is -0.311 e. The third-order valence-corrected chi connectivity index (χ3v) is 6.57. The lowest BCUT2D eigenvalue weighted by Crippen LogP contribution is -2.09. The van der Waals surface area contributed by atoms with E-state index in [4.69, 9.17) is 10.2 Å². The minimum atomic E-state index is 0.621. The molecule has 2 aromatic heterocycles. The first-order chi connectivity index (χ1) is 17.8. The third kappa shape index (κ3) is 3.98. The molecule has 0 saturated heterocycles. The summed E-state index contributed by atoms with van der Waals surface area (Å²) in [6, 6.07) is 38.6. The third-order valence-electron chi connectivity index (χ3n) is 6.04. The van der Waals surface area contributed by atoms with Gasteiger partial charge in [0.15, 0.2) is 0 Å². The SMILES string of the molecule is N#Cc1ccc(-c2cnc(-c3ccc(N(c4ccccc4)c4ccccc4)cc3)c3nsnc23)cc1. The smallest absolute Gasteiger partial charge is 0.131 e. The zero-order valence-electron chi connectivity index (χ0n) is 19.1. The van der Waals surface area contributed by atoms with Crippen molar-refractivity contribution in [3.63, 3.8) is 0 Å². The Balaban J connectivity index is 1.39. The van der Waals surface area contributed by atoms with Crippen LogP contribution in [0, 0.1) is 11.3 Å². The van der Waals surface area contributed by atoms with Gasteiger partial charge in [0.05, 0.1) is 29.1 Å². The van der Waals surface area contributed by atoms with Crippen LogP contribution in [0.2, 0.25) is 0 Å². The van der Waals surface area contributed by atoms with Gasteiger partial charge in [0.25, 0.3) is 0 Å². The van der Waals surface area contributed by atoms with Crippen molar-refractivity contribution in [1.82, 2.24) is 13.7 Å². The molecule has 0 N–H and O–H groups in total. The first-order valence-electron chi connectivity index (χ1n) is 11.4. The van der Waals surface area contributed by atoms with E-state index < -0.39 is 0 Å². The Morgan fingerprint density at radius 2 is 1.17 bits per heavy atom. The number of nitriles is 1. The highest BCUT2D eigenvalue weighted by Crippen LogP contribution is 2.37. The van der Waals surface area contributed by atoms with Gasteiger partial charge in [0.2, 0.25) is 0 Å². The summed E-state index contributed by atoms with van der Waals surface area (Å²) in [7, 11) is 0. The number of aromatic nitrogens is 3. The van der Waals surface area contributed by atoms with E-state index in [1.165, 1.54) is 11.7 Å². The fourth-order valence-electron chi connectivity index (χ4n) is 4.29. The first-order valence-corrected chi connectivity index (χ1v) is 12.2. The Labute approximate surface area is 212 Å². The van der Waals surface area contributed by atoms with Crippen molar-refractivity contribution in [2.24, 2.45) is 0 Å². The van der Waals surface area contributed by atoms with E-state index >= 15 is 0 Å². The molecule has 6 aromatic rings. The van der Waals surface area contributed by atoms with Crippen LogP contribution in [0.15, 0.2) is 115 Å². The van der Waals surface area contributed by atoms with Crippen LogP contribution in [-0.2, 0) is 0 Å². The highest BCUT2D eigenvalue weighted by Gasteiger charge is 2.16. The highest BCUT2D eigenvalue weighted by molar-refractivity contribution is 7.00. The fraction of sp³-hybridized carbons (Fsp3) is 0. The molecule has 0 atom stereocenters. The van der Waals surface area contributed by atoms with Gasteiger partial charge in [-0.25, -0.2) is 0 Å². The zero-order valence-corrected chi connectivity index (χ0v) is 19.9. The van der Waals surface area contributed by atoms with Crippen molar-refractivity contribution >= 4 is 39.8 Å². The van der Waals surface area contributed by atoms with E-state index in [1.54, 1.807) is 12.1 Å². The van der Waals surface area contributed by atoms with Crippen LogP contribution < -0.4 is 4.90 Å². The van der Waals surface area contributed by atoms with E-state index in [1.807, 2.05) is 54.7 Å². The number of nitrogens with zero attached hydrogens (tertiary/aromatic N) is 5. The Hall–Kier alpha value is -4.86. The molecule has 0 bridgehead atoms. The van der Waals surface area contributed by atoms with Crippen molar-refractivity contribution < 1.29 is 0 Å². The predicted molar refractivity (Wildman–Crippen MR) is 145 cm³/mol. The molecular weight excluding hydrogens is 462 g/mol. The van der Waals surface area contributed by atoms with Gasteiger partial charge in [0, 0.05) is 34.4 Å². The monoisotopic (exact) mass is 481 g/mol. The molecule has 6 rings (SSSR count).